The summed E-state index contributed by atoms with van der Waals surface area (Å²) in [6.07, 6.45) is 0. The Labute approximate surface area is 291 Å². The van der Waals surface area contributed by atoms with Crippen molar-refractivity contribution < 1.29 is 9.47 Å². The molecule has 0 saturated carbocycles. The van der Waals surface area contributed by atoms with Crippen LogP contribution in [0.1, 0.15) is 49.9 Å². The molecule has 0 saturated heterocycles. The highest BCUT2D eigenvalue weighted by atomic mass is 16.6. The average Bonchev–Trinajstić information content (AvgIpc) is 3.53. The van der Waals surface area contributed by atoms with Crippen LogP contribution in [0.4, 0.5) is 0 Å². The van der Waals surface area contributed by atoms with Crippen molar-refractivity contribution in [3.05, 3.63) is 150 Å². The molecular formula is C45H33N3O2. The smallest absolute Gasteiger partial charge is 0.178 e. The third-order valence-corrected chi connectivity index (χ3v) is 10.8. The molecule has 3 aliphatic rings. The van der Waals surface area contributed by atoms with Gasteiger partial charge in [-0.05, 0) is 69.3 Å². The molecule has 10 rings (SSSR count). The van der Waals surface area contributed by atoms with E-state index in [-0.39, 0.29) is 10.8 Å². The number of ether oxygens (including phenoxy) is 2. The molecule has 6 aromatic carbocycles. The first-order valence-electron chi connectivity index (χ1n) is 17.1. The van der Waals surface area contributed by atoms with Crippen molar-refractivity contribution >= 4 is 0 Å². The van der Waals surface area contributed by atoms with Crippen LogP contribution >= 0.6 is 0 Å². The molecule has 0 radical (unpaired) electrons. The second-order valence-corrected chi connectivity index (χ2v) is 14.5. The van der Waals surface area contributed by atoms with Gasteiger partial charge in [0.1, 0.15) is 0 Å². The summed E-state index contributed by atoms with van der Waals surface area (Å²) in [5.74, 6) is 4.56. The van der Waals surface area contributed by atoms with E-state index in [2.05, 4.69) is 100 Å². The van der Waals surface area contributed by atoms with Crippen LogP contribution in [-0.2, 0) is 10.8 Å². The minimum atomic E-state index is -0.135. The lowest BCUT2D eigenvalue weighted by Gasteiger charge is -2.25. The largest absolute Gasteiger partial charge is 0.449 e. The molecule has 1 aromatic heterocycles. The van der Waals surface area contributed by atoms with E-state index in [1.807, 2.05) is 54.6 Å². The molecule has 0 unspecified atom stereocenters. The first kappa shape index (κ1) is 28.9. The second-order valence-electron chi connectivity index (χ2n) is 14.5. The fraction of sp³-hybridized carbons (Fsp3) is 0.133. The van der Waals surface area contributed by atoms with Gasteiger partial charge in [0, 0.05) is 33.1 Å². The van der Waals surface area contributed by atoms with Gasteiger partial charge in [-0.3, -0.25) is 0 Å². The van der Waals surface area contributed by atoms with Crippen LogP contribution in [0.3, 0.4) is 0 Å². The third kappa shape index (κ3) is 4.10. The van der Waals surface area contributed by atoms with Gasteiger partial charge in [0.25, 0.3) is 0 Å². The third-order valence-electron chi connectivity index (χ3n) is 10.8. The molecule has 0 N–H and O–H groups in total. The van der Waals surface area contributed by atoms with Gasteiger partial charge in [-0.1, -0.05) is 125 Å². The summed E-state index contributed by atoms with van der Waals surface area (Å²) in [5, 5.41) is 0. The number of rotatable bonds is 3. The number of fused-ring (bicyclic) bond motifs is 9. The summed E-state index contributed by atoms with van der Waals surface area (Å²) < 4.78 is 13.2. The van der Waals surface area contributed by atoms with E-state index < -0.39 is 0 Å². The van der Waals surface area contributed by atoms with Gasteiger partial charge in [0.15, 0.2) is 40.5 Å². The Kier molecular flexibility index (Phi) is 5.91. The van der Waals surface area contributed by atoms with E-state index in [0.717, 1.165) is 28.0 Å². The molecule has 1 aliphatic heterocycles. The quantitative estimate of drug-likeness (QED) is 0.191. The zero-order valence-electron chi connectivity index (χ0n) is 28.3. The zero-order valence-corrected chi connectivity index (χ0v) is 28.3. The maximum absolute atomic E-state index is 6.66. The van der Waals surface area contributed by atoms with Crippen LogP contribution in [0.5, 0.6) is 23.0 Å². The molecule has 0 spiro atoms. The van der Waals surface area contributed by atoms with Gasteiger partial charge in [0.05, 0.1) is 0 Å². The van der Waals surface area contributed by atoms with Crippen LogP contribution in [0.15, 0.2) is 127 Å². The predicted octanol–water partition coefficient (Wildman–Crippen LogP) is 11.4. The summed E-state index contributed by atoms with van der Waals surface area (Å²) >= 11 is 0. The molecule has 0 fully saturated rings. The molecular weight excluding hydrogens is 615 g/mol. The average molecular weight is 648 g/mol. The fourth-order valence-corrected chi connectivity index (χ4v) is 8.16. The van der Waals surface area contributed by atoms with E-state index >= 15 is 0 Å². The fourth-order valence-electron chi connectivity index (χ4n) is 8.16. The molecule has 0 bridgehead atoms. The number of hydrogen-bond acceptors (Lipinski definition) is 5. The Morgan fingerprint density at radius 3 is 1.72 bits per heavy atom. The zero-order chi connectivity index (χ0) is 33.8. The normalized spacial score (nSPS) is 15.0. The van der Waals surface area contributed by atoms with Crippen LogP contribution < -0.4 is 9.47 Å². The molecule has 50 heavy (non-hydrogen) atoms. The highest BCUT2D eigenvalue weighted by Gasteiger charge is 2.40. The predicted molar refractivity (Wildman–Crippen MR) is 198 cm³/mol. The second kappa shape index (κ2) is 10.2. The van der Waals surface area contributed by atoms with E-state index in [4.69, 9.17) is 24.4 Å². The number of benzene rings is 6. The summed E-state index contributed by atoms with van der Waals surface area (Å²) in [5.41, 5.74) is 12.4. The Morgan fingerprint density at radius 2 is 0.960 bits per heavy atom. The lowest BCUT2D eigenvalue weighted by molar-refractivity contribution is 0.360. The van der Waals surface area contributed by atoms with Crippen molar-refractivity contribution in [2.75, 3.05) is 0 Å². The Balaban J connectivity index is 1.07. The molecule has 0 atom stereocenters. The van der Waals surface area contributed by atoms with Crippen LogP contribution in [0.25, 0.3) is 56.4 Å². The highest BCUT2D eigenvalue weighted by molar-refractivity contribution is 5.88. The molecule has 5 heteroatoms. The molecule has 5 nitrogen and oxygen atoms in total. The Morgan fingerprint density at radius 1 is 0.400 bits per heavy atom. The van der Waals surface area contributed by atoms with Crippen LogP contribution in [0.2, 0.25) is 0 Å². The van der Waals surface area contributed by atoms with Gasteiger partial charge in [0.2, 0.25) is 0 Å². The van der Waals surface area contributed by atoms with Crippen molar-refractivity contribution in [2.24, 2.45) is 0 Å². The van der Waals surface area contributed by atoms with Gasteiger partial charge in [-0.15, -0.1) is 0 Å². The van der Waals surface area contributed by atoms with Crippen molar-refractivity contribution in [2.45, 2.75) is 38.5 Å². The van der Waals surface area contributed by atoms with Crippen molar-refractivity contribution in [3.8, 4) is 79.4 Å². The summed E-state index contributed by atoms with van der Waals surface area (Å²) in [4.78, 5) is 15.1. The summed E-state index contributed by atoms with van der Waals surface area (Å²) in [6.45, 7) is 9.11. The molecule has 0 amide bonds. The first-order chi connectivity index (χ1) is 24.3. The monoisotopic (exact) mass is 647 g/mol. The van der Waals surface area contributed by atoms with Crippen LogP contribution in [0, 0.1) is 0 Å². The van der Waals surface area contributed by atoms with E-state index in [1.165, 1.54) is 38.9 Å². The Bertz CT molecular complexity index is 2550. The topological polar surface area (TPSA) is 57.1 Å². The molecule has 2 heterocycles. The highest BCUT2D eigenvalue weighted by Crippen LogP contribution is 2.58. The van der Waals surface area contributed by atoms with Gasteiger partial charge >= 0.3 is 0 Å². The lowest BCUT2D eigenvalue weighted by atomic mass is 9.82. The van der Waals surface area contributed by atoms with E-state index in [9.17, 15) is 0 Å². The number of hydrogen-bond donors (Lipinski definition) is 0. The van der Waals surface area contributed by atoms with Crippen molar-refractivity contribution in [1.82, 2.24) is 15.0 Å². The van der Waals surface area contributed by atoms with Gasteiger partial charge in [-0.2, -0.15) is 0 Å². The van der Waals surface area contributed by atoms with Gasteiger partial charge in [-0.25, -0.2) is 15.0 Å². The van der Waals surface area contributed by atoms with E-state index in [0.29, 0.717) is 34.7 Å². The number of nitrogens with zero attached hydrogens (tertiary/aromatic N) is 3. The molecule has 2 aliphatic carbocycles. The minimum Gasteiger partial charge on any atom is -0.449 e. The summed E-state index contributed by atoms with van der Waals surface area (Å²) in [7, 11) is 0. The van der Waals surface area contributed by atoms with Crippen molar-refractivity contribution in [3.63, 3.8) is 0 Å². The van der Waals surface area contributed by atoms with E-state index in [1.54, 1.807) is 0 Å². The lowest BCUT2D eigenvalue weighted by Crippen LogP contribution is -2.15. The molecule has 7 aromatic rings. The number of aromatic nitrogens is 3. The van der Waals surface area contributed by atoms with Gasteiger partial charge < -0.3 is 9.47 Å². The standard InChI is InChI=1S/C45H33N3O2/c1-44(2)33-17-11-9-15-31(33)39-34(44)21-23-37-40(39)50-36-22-19-28(25-38(36)49-37)43-47-41(26-12-6-5-7-13-26)46-42(48-43)27-18-20-30-29-14-8-10-16-32(29)45(3,4)35(30)24-27/h5-25H,1-4H3. The first-order valence-corrected chi connectivity index (χ1v) is 17.1. The molecule has 240 valence electrons. The van der Waals surface area contributed by atoms with Crippen LogP contribution in [-0.4, -0.2) is 15.0 Å². The maximum atomic E-state index is 6.66. The maximum Gasteiger partial charge on any atom is 0.178 e. The summed E-state index contributed by atoms with van der Waals surface area (Å²) in [6, 6.07) is 44.1. The minimum absolute atomic E-state index is 0.125. The van der Waals surface area contributed by atoms with Crippen molar-refractivity contribution in [1.29, 1.82) is 0 Å². The Hall–Kier alpha value is -6.07. The SMILES string of the molecule is CC1(C)c2ccccc2-c2ccc(-c3nc(-c4ccccc4)nc(-c4ccc5c(c4)Oc4ccc6c(c4O5)-c4ccccc4C6(C)C)n3)cc21.